The topological polar surface area (TPSA) is 87.7 Å². The van der Waals surface area contributed by atoms with Crippen LogP contribution in [0.4, 0.5) is 0 Å². The zero-order chi connectivity index (χ0) is 19.4. The van der Waals surface area contributed by atoms with Gasteiger partial charge in [-0.1, -0.05) is 46.5 Å². The van der Waals surface area contributed by atoms with Crippen LogP contribution < -0.4 is 10.9 Å². The molecule has 0 saturated heterocycles. The third-order valence-corrected chi connectivity index (χ3v) is 6.62. The summed E-state index contributed by atoms with van der Waals surface area (Å²) in [5, 5.41) is 11.5. The van der Waals surface area contributed by atoms with E-state index in [1.807, 2.05) is 6.92 Å². The fourth-order valence-electron chi connectivity index (χ4n) is 4.60. The van der Waals surface area contributed by atoms with E-state index in [0.717, 1.165) is 31.6 Å². The lowest BCUT2D eigenvalue weighted by Gasteiger charge is -2.36. The number of aromatic amines is 1. The Labute approximate surface area is 161 Å². The van der Waals surface area contributed by atoms with Crippen LogP contribution in [0.25, 0.3) is 0 Å². The predicted molar refractivity (Wildman–Crippen MR) is 105 cm³/mol. The highest BCUT2D eigenvalue weighted by Crippen LogP contribution is 2.41. The first-order valence-corrected chi connectivity index (χ1v) is 10.7. The molecular weight excluding hydrogens is 340 g/mol. The summed E-state index contributed by atoms with van der Waals surface area (Å²) >= 11 is 0. The molecule has 6 heteroatoms. The number of amides is 1. The summed E-state index contributed by atoms with van der Waals surface area (Å²) < 4.78 is 0. The first kappa shape index (κ1) is 20.0. The second kappa shape index (κ2) is 8.53. The maximum absolute atomic E-state index is 12.7. The van der Waals surface area contributed by atoms with Gasteiger partial charge in [0.05, 0.1) is 6.04 Å². The normalized spacial score (nSPS) is 27.4. The molecule has 1 aromatic heterocycles. The van der Waals surface area contributed by atoms with Crippen LogP contribution in [0.3, 0.4) is 0 Å². The lowest BCUT2D eigenvalue weighted by molar-refractivity contribution is -0.124. The van der Waals surface area contributed by atoms with Crippen molar-refractivity contribution in [3.05, 3.63) is 21.9 Å². The second-order valence-electron chi connectivity index (χ2n) is 9.10. The molecule has 0 aromatic carbocycles. The largest absolute Gasteiger partial charge is 0.347 e. The van der Waals surface area contributed by atoms with E-state index in [4.69, 9.17) is 0 Å². The summed E-state index contributed by atoms with van der Waals surface area (Å²) in [5.74, 6) is 1.80. The van der Waals surface area contributed by atoms with Crippen molar-refractivity contribution in [3.63, 3.8) is 0 Å². The summed E-state index contributed by atoms with van der Waals surface area (Å²) in [6.07, 6.45) is 10.2. The Morgan fingerprint density at radius 2 is 1.89 bits per heavy atom. The van der Waals surface area contributed by atoms with E-state index in [2.05, 4.69) is 34.3 Å². The van der Waals surface area contributed by atoms with Gasteiger partial charge in [-0.05, 0) is 43.4 Å². The fourth-order valence-corrected chi connectivity index (χ4v) is 4.60. The molecule has 0 bridgehead atoms. The van der Waals surface area contributed by atoms with Gasteiger partial charge in [0.2, 0.25) is 5.91 Å². The third-order valence-electron chi connectivity index (χ3n) is 6.62. The molecular formula is C21H34N4O2. The summed E-state index contributed by atoms with van der Waals surface area (Å²) in [6, 6.07) is -0.377. The highest BCUT2D eigenvalue weighted by Gasteiger charge is 2.32. The molecule has 3 rings (SSSR count). The Hall–Kier alpha value is -1.72. The summed E-state index contributed by atoms with van der Waals surface area (Å²) in [7, 11) is 0. The average Bonchev–Trinajstić information content (AvgIpc) is 3.17. The number of H-pyrrole nitrogens is 1. The maximum Gasteiger partial charge on any atom is 0.275 e. The molecule has 2 aliphatic rings. The van der Waals surface area contributed by atoms with Gasteiger partial charge in [0.15, 0.2) is 5.69 Å². The second-order valence-corrected chi connectivity index (χ2v) is 9.10. The van der Waals surface area contributed by atoms with Crippen molar-refractivity contribution in [2.45, 2.75) is 96.9 Å². The van der Waals surface area contributed by atoms with E-state index in [1.54, 1.807) is 0 Å². The van der Waals surface area contributed by atoms with Gasteiger partial charge in [-0.3, -0.25) is 9.59 Å². The van der Waals surface area contributed by atoms with Crippen LogP contribution in [0.5, 0.6) is 0 Å². The van der Waals surface area contributed by atoms with E-state index in [9.17, 15) is 9.59 Å². The number of hydrogen-bond acceptors (Lipinski definition) is 4. The molecule has 1 atom stereocenters. The van der Waals surface area contributed by atoms with E-state index in [1.165, 1.54) is 25.7 Å². The van der Waals surface area contributed by atoms with E-state index < -0.39 is 0 Å². The van der Waals surface area contributed by atoms with Crippen molar-refractivity contribution in [2.75, 3.05) is 0 Å². The molecule has 6 nitrogen and oxygen atoms in total. The summed E-state index contributed by atoms with van der Waals surface area (Å²) in [4.78, 5) is 28.1. The van der Waals surface area contributed by atoms with Gasteiger partial charge in [0.1, 0.15) is 5.82 Å². The lowest BCUT2D eigenvalue weighted by Crippen LogP contribution is -2.37. The zero-order valence-electron chi connectivity index (χ0n) is 17.0. The van der Waals surface area contributed by atoms with Crippen molar-refractivity contribution in [1.82, 2.24) is 20.5 Å². The van der Waals surface area contributed by atoms with Gasteiger partial charge in [0, 0.05) is 12.3 Å². The number of aromatic nitrogens is 3. The molecule has 2 aliphatic carbocycles. The minimum atomic E-state index is -0.377. The number of carbonyl (C=O) groups is 1. The zero-order valence-corrected chi connectivity index (χ0v) is 17.0. The standard InChI is InChI=1S/C21H34N4O2/c1-4-16(22-17(26)13-21(3)11-9-14(2)10-12-21)18-20(27)23-19(25-24-18)15-7-5-6-8-15/h14-16H,4-13H2,1-3H3,(H,22,26)(H,23,25,27). The maximum atomic E-state index is 12.7. The third kappa shape index (κ3) is 4.96. The van der Waals surface area contributed by atoms with Crippen LogP contribution >= 0.6 is 0 Å². The molecule has 2 fully saturated rings. The minimum Gasteiger partial charge on any atom is -0.347 e. The van der Waals surface area contributed by atoms with E-state index in [-0.39, 0.29) is 22.9 Å². The molecule has 27 heavy (non-hydrogen) atoms. The van der Waals surface area contributed by atoms with Crippen molar-refractivity contribution >= 4 is 5.91 Å². The highest BCUT2D eigenvalue weighted by atomic mass is 16.2. The molecule has 0 aliphatic heterocycles. The highest BCUT2D eigenvalue weighted by molar-refractivity contribution is 5.77. The van der Waals surface area contributed by atoms with Gasteiger partial charge < -0.3 is 10.3 Å². The van der Waals surface area contributed by atoms with Gasteiger partial charge in [-0.25, -0.2) is 0 Å². The molecule has 2 saturated carbocycles. The molecule has 1 aromatic rings. The first-order valence-electron chi connectivity index (χ1n) is 10.7. The van der Waals surface area contributed by atoms with Crippen molar-refractivity contribution in [1.29, 1.82) is 0 Å². The van der Waals surface area contributed by atoms with Crippen molar-refractivity contribution in [2.24, 2.45) is 11.3 Å². The number of nitrogens with zero attached hydrogens (tertiary/aromatic N) is 2. The fraction of sp³-hybridized carbons (Fsp3) is 0.810. The Morgan fingerprint density at radius 1 is 1.22 bits per heavy atom. The van der Waals surface area contributed by atoms with Gasteiger partial charge in [0.25, 0.3) is 5.56 Å². The van der Waals surface area contributed by atoms with E-state index >= 15 is 0 Å². The number of rotatable bonds is 6. The van der Waals surface area contributed by atoms with Crippen LogP contribution in [0.15, 0.2) is 4.79 Å². The van der Waals surface area contributed by atoms with E-state index in [0.29, 0.717) is 30.3 Å². The lowest BCUT2D eigenvalue weighted by atomic mass is 9.70. The molecule has 2 N–H and O–H groups in total. The smallest absolute Gasteiger partial charge is 0.275 e. The Bertz CT molecular complexity index is 700. The quantitative estimate of drug-likeness (QED) is 0.788. The van der Waals surface area contributed by atoms with Gasteiger partial charge in [-0.2, -0.15) is 0 Å². The van der Waals surface area contributed by atoms with Gasteiger partial charge >= 0.3 is 0 Å². The van der Waals surface area contributed by atoms with Crippen LogP contribution in [0, 0.1) is 11.3 Å². The average molecular weight is 375 g/mol. The molecule has 0 radical (unpaired) electrons. The predicted octanol–water partition coefficient (Wildman–Crippen LogP) is 4.00. The minimum absolute atomic E-state index is 0.0139. The Morgan fingerprint density at radius 3 is 2.48 bits per heavy atom. The van der Waals surface area contributed by atoms with Crippen LogP contribution in [0.2, 0.25) is 0 Å². The first-order chi connectivity index (χ1) is 12.9. The van der Waals surface area contributed by atoms with Crippen molar-refractivity contribution < 1.29 is 4.79 Å². The molecule has 0 spiro atoms. The molecule has 1 unspecified atom stereocenters. The summed E-state index contributed by atoms with van der Waals surface area (Å²) in [5.41, 5.74) is 0.186. The van der Waals surface area contributed by atoms with Gasteiger partial charge in [-0.15, -0.1) is 10.2 Å². The molecule has 150 valence electrons. The van der Waals surface area contributed by atoms with Crippen LogP contribution in [0.1, 0.15) is 108 Å². The van der Waals surface area contributed by atoms with Crippen LogP contribution in [-0.2, 0) is 4.79 Å². The Kier molecular flexibility index (Phi) is 6.33. The Balaban J connectivity index is 1.64. The van der Waals surface area contributed by atoms with Crippen molar-refractivity contribution in [3.8, 4) is 0 Å². The monoisotopic (exact) mass is 374 g/mol. The molecule has 1 heterocycles. The molecule has 1 amide bonds. The number of hydrogen-bond donors (Lipinski definition) is 2. The van der Waals surface area contributed by atoms with Crippen LogP contribution in [-0.4, -0.2) is 21.1 Å². The summed E-state index contributed by atoms with van der Waals surface area (Å²) in [6.45, 7) is 6.45. The number of nitrogens with one attached hydrogen (secondary N) is 2. The SMILES string of the molecule is CCC(NC(=O)CC1(C)CCC(C)CC1)c1nnc(C2CCCC2)[nH]c1=O. The number of carbonyl (C=O) groups excluding carboxylic acids is 1.